The minimum absolute atomic E-state index is 0.355. The molecule has 0 spiro atoms. The molecule has 0 aliphatic carbocycles. The third-order valence-electron chi connectivity index (χ3n) is 5.63. The minimum Gasteiger partial charge on any atom is -0.352 e. The lowest BCUT2D eigenvalue weighted by Gasteiger charge is -2.26. The number of hydrogen-bond donors (Lipinski definition) is 2. The fourth-order valence-electron chi connectivity index (χ4n) is 3.72. The van der Waals surface area contributed by atoms with Crippen LogP contribution < -0.4 is 10.6 Å². The van der Waals surface area contributed by atoms with Crippen molar-refractivity contribution >= 4 is 16.0 Å². The van der Waals surface area contributed by atoms with E-state index in [0.29, 0.717) is 37.0 Å². The summed E-state index contributed by atoms with van der Waals surface area (Å²) < 4.78 is 29.3. The molecule has 0 atom stereocenters. The lowest BCUT2D eigenvalue weighted by atomic mass is 10.2. The number of hydrogen-bond acceptors (Lipinski definition) is 4. The molecule has 2 heterocycles. The van der Waals surface area contributed by atoms with Crippen LogP contribution in [-0.4, -0.2) is 48.6 Å². The standard InChI is InChI=1S/C21H32N6O2S/c1-16-20(17(2)26(4)25-16)15-24-21(22-3)23-14-18-9-8-10-19(13-18)30(28,29)27-11-6-5-7-12-27/h8-10,13H,5-7,11-12,14-15H2,1-4H3,(H2,22,23,24). The van der Waals surface area contributed by atoms with Gasteiger partial charge in [0.1, 0.15) is 0 Å². The first-order valence-corrected chi connectivity index (χ1v) is 11.8. The number of nitrogens with one attached hydrogen (secondary N) is 2. The fourth-order valence-corrected chi connectivity index (χ4v) is 5.31. The highest BCUT2D eigenvalue weighted by Gasteiger charge is 2.25. The van der Waals surface area contributed by atoms with Gasteiger partial charge >= 0.3 is 0 Å². The van der Waals surface area contributed by atoms with Crippen molar-refractivity contribution in [3.05, 3.63) is 46.8 Å². The maximum Gasteiger partial charge on any atom is 0.243 e. The van der Waals surface area contributed by atoms with E-state index in [0.717, 1.165) is 41.8 Å². The Balaban J connectivity index is 1.62. The van der Waals surface area contributed by atoms with E-state index in [9.17, 15) is 8.42 Å². The van der Waals surface area contributed by atoms with E-state index >= 15 is 0 Å². The van der Waals surface area contributed by atoms with Crippen LogP contribution in [0.1, 0.15) is 41.8 Å². The van der Waals surface area contributed by atoms with Gasteiger partial charge in [-0.25, -0.2) is 8.42 Å². The van der Waals surface area contributed by atoms with Crippen LogP contribution in [0.25, 0.3) is 0 Å². The summed E-state index contributed by atoms with van der Waals surface area (Å²) in [6.07, 6.45) is 2.96. The minimum atomic E-state index is -3.43. The van der Waals surface area contributed by atoms with Gasteiger partial charge in [-0.3, -0.25) is 9.67 Å². The molecule has 1 aromatic heterocycles. The average molecular weight is 433 g/mol. The van der Waals surface area contributed by atoms with Crippen molar-refractivity contribution in [2.24, 2.45) is 12.0 Å². The summed E-state index contributed by atoms with van der Waals surface area (Å²) >= 11 is 0. The molecule has 2 N–H and O–H groups in total. The quantitative estimate of drug-likeness (QED) is 0.539. The Hall–Kier alpha value is -2.39. The summed E-state index contributed by atoms with van der Waals surface area (Å²) in [7, 11) is 0.220. The van der Waals surface area contributed by atoms with Crippen LogP contribution in [0.2, 0.25) is 0 Å². The predicted molar refractivity (Wildman–Crippen MR) is 119 cm³/mol. The highest BCUT2D eigenvalue weighted by molar-refractivity contribution is 7.89. The van der Waals surface area contributed by atoms with Gasteiger partial charge in [0.2, 0.25) is 10.0 Å². The maximum atomic E-state index is 12.9. The van der Waals surface area contributed by atoms with E-state index in [4.69, 9.17) is 0 Å². The highest BCUT2D eigenvalue weighted by Crippen LogP contribution is 2.21. The van der Waals surface area contributed by atoms with Crippen molar-refractivity contribution in [3.63, 3.8) is 0 Å². The van der Waals surface area contributed by atoms with Crippen LogP contribution in [0, 0.1) is 13.8 Å². The third-order valence-corrected chi connectivity index (χ3v) is 7.52. The van der Waals surface area contributed by atoms with Crippen molar-refractivity contribution < 1.29 is 8.42 Å². The first-order valence-electron chi connectivity index (χ1n) is 10.4. The Kier molecular flexibility index (Phi) is 7.14. The first kappa shape index (κ1) is 22.3. The van der Waals surface area contributed by atoms with Gasteiger partial charge < -0.3 is 10.6 Å². The van der Waals surface area contributed by atoms with Gasteiger partial charge in [0, 0.05) is 51.5 Å². The number of piperidine rings is 1. The molecule has 1 saturated heterocycles. The molecule has 164 valence electrons. The van der Waals surface area contributed by atoms with Gasteiger partial charge in [0.25, 0.3) is 0 Å². The topological polar surface area (TPSA) is 91.6 Å². The molecule has 1 aliphatic rings. The third kappa shape index (κ3) is 5.02. The summed E-state index contributed by atoms with van der Waals surface area (Å²) in [5, 5.41) is 11.0. The molecule has 1 aromatic carbocycles. The SMILES string of the molecule is CN=C(NCc1cccc(S(=O)(=O)N2CCCCC2)c1)NCc1c(C)nn(C)c1C. The number of rotatable bonds is 6. The summed E-state index contributed by atoms with van der Waals surface area (Å²) in [5.41, 5.74) is 4.15. The van der Waals surface area contributed by atoms with Crippen molar-refractivity contribution in [1.29, 1.82) is 0 Å². The van der Waals surface area contributed by atoms with Crippen molar-refractivity contribution in [3.8, 4) is 0 Å². The zero-order chi connectivity index (χ0) is 21.7. The molecule has 2 aromatic rings. The van der Waals surface area contributed by atoms with Crippen molar-refractivity contribution in [2.45, 2.75) is 51.1 Å². The van der Waals surface area contributed by atoms with Crippen molar-refractivity contribution in [2.75, 3.05) is 20.1 Å². The van der Waals surface area contributed by atoms with Crippen LogP contribution >= 0.6 is 0 Å². The molecule has 1 fully saturated rings. The highest BCUT2D eigenvalue weighted by atomic mass is 32.2. The molecular formula is C21H32N6O2S. The largest absolute Gasteiger partial charge is 0.352 e. The average Bonchev–Trinajstić information content (AvgIpc) is 3.00. The molecule has 9 heteroatoms. The van der Waals surface area contributed by atoms with Gasteiger partial charge in [-0.05, 0) is 44.4 Å². The second-order valence-electron chi connectivity index (χ2n) is 7.66. The van der Waals surface area contributed by atoms with E-state index in [1.807, 2.05) is 31.6 Å². The number of sulfonamides is 1. The number of aryl methyl sites for hydroxylation is 2. The van der Waals surface area contributed by atoms with Crippen LogP contribution in [0.3, 0.4) is 0 Å². The zero-order valence-electron chi connectivity index (χ0n) is 18.3. The number of aliphatic imine (C=N–C) groups is 1. The zero-order valence-corrected chi connectivity index (χ0v) is 19.1. The van der Waals surface area contributed by atoms with Gasteiger partial charge in [0.05, 0.1) is 10.6 Å². The van der Waals surface area contributed by atoms with Gasteiger partial charge in [-0.2, -0.15) is 9.40 Å². The van der Waals surface area contributed by atoms with E-state index in [2.05, 4.69) is 20.7 Å². The molecule has 0 amide bonds. The Morgan fingerprint density at radius 1 is 1.13 bits per heavy atom. The van der Waals surface area contributed by atoms with E-state index in [1.165, 1.54) is 0 Å². The summed E-state index contributed by atoms with van der Waals surface area (Å²) in [6.45, 7) is 6.35. The van der Waals surface area contributed by atoms with Crippen LogP contribution in [0.4, 0.5) is 0 Å². The fraction of sp³-hybridized carbons (Fsp3) is 0.524. The van der Waals surface area contributed by atoms with Gasteiger partial charge in [-0.15, -0.1) is 0 Å². The lowest BCUT2D eigenvalue weighted by Crippen LogP contribution is -2.37. The maximum absolute atomic E-state index is 12.9. The molecule has 1 aliphatic heterocycles. The van der Waals surface area contributed by atoms with Gasteiger partial charge in [0.15, 0.2) is 5.96 Å². The van der Waals surface area contributed by atoms with Crippen molar-refractivity contribution in [1.82, 2.24) is 24.7 Å². The van der Waals surface area contributed by atoms with Crippen LogP contribution in [0.5, 0.6) is 0 Å². The van der Waals surface area contributed by atoms with Crippen LogP contribution in [-0.2, 0) is 30.2 Å². The van der Waals surface area contributed by atoms with E-state index in [1.54, 1.807) is 29.6 Å². The molecule has 8 nitrogen and oxygen atoms in total. The van der Waals surface area contributed by atoms with E-state index < -0.39 is 10.0 Å². The summed E-state index contributed by atoms with van der Waals surface area (Å²) in [5.74, 6) is 0.655. The monoisotopic (exact) mass is 432 g/mol. The van der Waals surface area contributed by atoms with E-state index in [-0.39, 0.29) is 0 Å². The second kappa shape index (κ2) is 9.61. The second-order valence-corrected chi connectivity index (χ2v) is 9.60. The number of guanidine groups is 1. The molecule has 30 heavy (non-hydrogen) atoms. The Labute approximate surface area is 179 Å². The molecule has 0 saturated carbocycles. The molecular weight excluding hydrogens is 400 g/mol. The Bertz CT molecular complexity index is 1010. The number of nitrogens with zero attached hydrogens (tertiary/aromatic N) is 4. The molecule has 0 unspecified atom stereocenters. The summed E-state index contributed by atoms with van der Waals surface area (Å²) in [4.78, 5) is 4.62. The first-order chi connectivity index (χ1) is 14.3. The Morgan fingerprint density at radius 3 is 2.47 bits per heavy atom. The van der Waals surface area contributed by atoms with Crippen LogP contribution in [0.15, 0.2) is 34.2 Å². The number of benzene rings is 1. The molecule has 3 rings (SSSR count). The summed E-state index contributed by atoms with van der Waals surface area (Å²) in [6, 6.07) is 7.14. The smallest absolute Gasteiger partial charge is 0.243 e. The normalized spacial score (nSPS) is 15.9. The molecule has 0 radical (unpaired) electrons. The predicted octanol–water partition coefficient (Wildman–Crippen LogP) is 2.08. The van der Waals surface area contributed by atoms with Gasteiger partial charge in [-0.1, -0.05) is 18.6 Å². The lowest BCUT2D eigenvalue weighted by molar-refractivity contribution is 0.346. The molecule has 0 bridgehead atoms. The Morgan fingerprint density at radius 2 is 1.83 bits per heavy atom. The number of aromatic nitrogens is 2.